The highest BCUT2D eigenvalue weighted by Crippen LogP contribution is 2.38. The molecule has 2 N–H and O–H groups in total. The lowest BCUT2D eigenvalue weighted by molar-refractivity contribution is -0.118. The first-order valence-electron chi connectivity index (χ1n) is 11.0. The van der Waals surface area contributed by atoms with E-state index in [1.807, 2.05) is 37.3 Å². The highest BCUT2D eigenvalue weighted by molar-refractivity contribution is 8.00. The highest BCUT2D eigenvalue weighted by atomic mass is 32.2. The van der Waals surface area contributed by atoms with Crippen LogP contribution in [0, 0.1) is 0 Å². The molecule has 32 heavy (non-hydrogen) atoms. The summed E-state index contributed by atoms with van der Waals surface area (Å²) in [6.07, 6.45) is 3.50. The zero-order valence-corrected chi connectivity index (χ0v) is 19.3. The van der Waals surface area contributed by atoms with Crippen molar-refractivity contribution in [3.05, 3.63) is 47.5 Å². The molecule has 1 saturated heterocycles. The van der Waals surface area contributed by atoms with E-state index in [0.29, 0.717) is 35.9 Å². The van der Waals surface area contributed by atoms with Crippen LogP contribution >= 0.6 is 11.8 Å². The SMILES string of the molecule is CCOc1ccc(CNC(=O)c2ccc3c(c2)NC(=O)C(N2CCCCC2)S3)cc1OC. The summed E-state index contributed by atoms with van der Waals surface area (Å²) in [5.41, 5.74) is 2.12. The molecule has 2 aliphatic heterocycles. The molecule has 0 aliphatic carbocycles. The fourth-order valence-electron chi connectivity index (χ4n) is 4.01. The number of benzene rings is 2. The van der Waals surface area contributed by atoms with Crippen molar-refractivity contribution in [1.29, 1.82) is 0 Å². The maximum atomic E-state index is 12.7. The Morgan fingerprint density at radius 2 is 1.97 bits per heavy atom. The molecule has 2 heterocycles. The average Bonchev–Trinajstić information content (AvgIpc) is 2.83. The predicted molar refractivity (Wildman–Crippen MR) is 125 cm³/mol. The molecule has 1 atom stereocenters. The van der Waals surface area contributed by atoms with E-state index in [2.05, 4.69) is 15.5 Å². The number of carbonyl (C=O) groups excluding carboxylic acids is 2. The number of likely N-dealkylation sites (tertiary alicyclic amines) is 1. The van der Waals surface area contributed by atoms with E-state index in [4.69, 9.17) is 9.47 Å². The summed E-state index contributed by atoms with van der Waals surface area (Å²) < 4.78 is 10.9. The van der Waals surface area contributed by atoms with E-state index in [-0.39, 0.29) is 17.2 Å². The van der Waals surface area contributed by atoms with Gasteiger partial charge < -0.3 is 20.1 Å². The number of hydrogen-bond acceptors (Lipinski definition) is 6. The van der Waals surface area contributed by atoms with Crippen LogP contribution in [-0.4, -0.2) is 48.9 Å². The Morgan fingerprint density at radius 3 is 2.72 bits per heavy atom. The van der Waals surface area contributed by atoms with Gasteiger partial charge in [-0.1, -0.05) is 24.2 Å². The Morgan fingerprint density at radius 1 is 1.16 bits per heavy atom. The van der Waals surface area contributed by atoms with Crippen molar-refractivity contribution >= 4 is 29.3 Å². The van der Waals surface area contributed by atoms with Gasteiger partial charge in [-0.25, -0.2) is 0 Å². The Balaban J connectivity index is 1.40. The van der Waals surface area contributed by atoms with Gasteiger partial charge in [-0.15, -0.1) is 0 Å². The van der Waals surface area contributed by atoms with Crippen LogP contribution in [0.15, 0.2) is 41.3 Å². The van der Waals surface area contributed by atoms with Gasteiger partial charge in [0.1, 0.15) is 5.37 Å². The number of piperidine rings is 1. The number of fused-ring (bicyclic) bond motifs is 1. The van der Waals surface area contributed by atoms with Gasteiger partial charge in [-0.05, 0) is 68.8 Å². The molecule has 0 saturated carbocycles. The van der Waals surface area contributed by atoms with Crippen molar-refractivity contribution in [2.24, 2.45) is 0 Å². The number of carbonyl (C=O) groups is 2. The molecular weight excluding hydrogens is 426 g/mol. The maximum absolute atomic E-state index is 12.7. The van der Waals surface area contributed by atoms with E-state index in [1.165, 1.54) is 6.42 Å². The first-order valence-corrected chi connectivity index (χ1v) is 11.9. The minimum absolute atomic E-state index is 0.0107. The second-order valence-electron chi connectivity index (χ2n) is 7.87. The van der Waals surface area contributed by atoms with Crippen LogP contribution in [0.2, 0.25) is 0 Å². The third kappa shape index (κ3) is 5.02. The number of ether oxygens (including phenoxy) is 2. The van der Waals surface area contributed by atoms with Gasteiger partial charge >= 0.3 is 0 Å². The smallest absolute Gasteiger partial charge is 0.252 e. The summed E-state index contributed by atoms with van der Waals surface area (Å²) >= 11 is 1.57. The summed E-state index contributed by atoms with van der Waals surface area (Å²) in [5.74, 6) is 1.10. The molecule has 2 aliphatic rings. The van der Waals surface area contributed by atoms with Crippen molar-refractivity contribution in [2.75, 3.05) is 32.1 Å². The molecule has 170 valence electrons. The van der Waals surface area contributed by atoms with E-state index < -0.39 is 0 Å². The second kappa shape index (κ2) is 10.3. The molecule has 0 aromatic heterocycles. The lowest BCUT2D eigenvalue weighted by Crippen LogP contribution is -2.46. The molecule has 2 aromatic rings. The van der Waals surface area contributed by atoms with Crippen LogP contribution in [0.3, 0.4) is 0 Å². The minimum Gasteiger partial charge on any atom is -0.493 e. The Labute approximate surface area is 192 Å². The number of hydrogen-bond donors (Lipinski definition) is 2. The van der Waals surface area contributed by atoms with Crippen molar-refractivity contribution in [1.82, 2.24) is 10.2 Å². The zero-order chi connectivity index (χ0) is 22.5. The van der Waals surface area contributed by atoms with Gasteiger partial charge in [0.2, 0.25) is 0 Å². The fraction of sp³-hybridized carbons (Fsp3) is 0.417. The summed E-state index contributed by atoms with van der Waals surface area (Å²) in [6.45, 7) is 4.74. The van der Waals surface area contributed by atoms with E-state index >= 15 is 0 Å². The van der Waals surface area contributed by atoms with Crippen molar-refractivity contribution in [3.63, 3.8) is 0 Å². The lowest BCUT2D eigenvalue weighted by atomic mass is 10.1. The topological polar surface area (TPSA) is 79.9 Å². The van der Waals surface area contributed by atoms with Gasteiger partial charge in [0, 0.05) is 17.0 Å². The van der Waals surface area contributed by atoms with E-state index in [0.717, 1.165) is 36.4 Å². The van der Waals surface area contributed by atoms with Gasteiger partial charge in [-0.2, -0.15) is 0 Å². The number of thioether (sulfide) groups is 1. The Kier molecular flexibility index (Phi) is 7.22. The second-order valence-corrected chi connectivity index (χ2v) is 8.99. The summed E-state index contributed by atoms with van der Waals surface area (Å²) in [6, 6.07) is 11.1. The third-order valence-corrected chi connectivity index (χ3v) is 7.01. The third-order valence-electron chi connectivity index (χ3n) is 5.67. The summed E-state index contributed by atoms with van der Waals surface area (Å²) in [4.78, 5) is 28.7. The van der Waals surface area contributed by atoms with Gasteiger partial charge in [0.15, 0.2) is 11.5 Å². The first kappa shape index (κ1) is 22.5. The van der Waals surface area contributed by atoms with Crippen LogP contribution in [0.25, 0.3) is 0 Å². The molecule has 7 nitrogen and oxygen atoms in total. The van der Waals surface area contributed by atoms with Crippen LogP contribution in [0.1, 0.15) is 42.1 Å². The molecule has 0 spiro atoms. The van der Waals surface area contributed by atoms with Crippen LogP contribution in [0.5, 0.6) is 11.5 Å². The molecule has 0 radical (unpaired) electrons. The van der Waals surface area contributed by atoms with Gasteiger partial charge in [-0.3, -0.25) is 14.5 Å². The van der Waals surface area contributed by atoms with Crippen molar-refractivity contribution in [2.45, 2.75) is 43.0 Å². The minimum atomic E-state index is -0.197. The van der Waals surface area contributed by atoms with E-state index in [9.17, 15) is 9.59 Å². The van der Waals surface area contributed by atoms with Crippen LogP contribution in [0.4, 0.5) is 5.69 Å². The molecular formula is C24H29N3O4S. The Bertz CT molecular complexity index is 991. The predicted octanol–water partition coefficient (Wildman–Crippen LogP) is 3.88. The van der Waals surface area contributed by atoms with Gasteiger partial charge in [0.25, 0.3) is 11.8 Å². The number of anilines is 1. The number of nitrogens with zero attached hydrogens (tertiary/aromatic N) is 1. The number of nitrogens with one attached hydrogen (secondary N) is 2. The van der Waals surface area contributed by atoms with Crippen LogP contribution < -0.4 is 20.1 Å². The normalized spacial score (nSPS) is 18.4. The highest BCUT2D eigenvalue weighted by Gasteiger charge is 2.33. The number of amides is 2. The standard InChI is InChI=1S/C24H29N3O4S/c1-3-31-19-9-7-16(13-20(19)30-2)15-25-22(28)17-8-10-21-18(14-17)26-23(29)24(32-21)27-11-5-4-6-12-27/h7-10,13-14,24H,3-6,11-12,15H2,1-2H3,(H,25,28)(H,26,29). The first-order chi connectivity index (χ1) is 15.6. The molecule has 4 rings (SSSR count). The fourth-order valence-corrected chi connectivity index (χ4v) is 5.16. The monoisotopic (exact) mass is 455 g/mol. The van der Waals surface area contributed by atoms with Crippen molar-refractivity contribution < 1.29 is 19.1 Å². The quantitative estimate of drug-likeness (QED) is 0.660. The Hall–Kier alpha value is -2.71. The largest absolute Gasteiger partial charge is 0.493 e. The molecule has 2 aromatic carbocycles. The van der Waals surface area contributed by atoms with Gasteiger partial charge in [0.05, 0.1) is 19.4 Å². The molecule has 1 unspecified atom stereocenters. The van der Waals surface area contributed by atoms with Crippen LogP contribution in [-0.2, 0) is 11.3 Å². The maximum Gasteiger partial charge on any atom is 0.252 e. The number of rotatable bonds is 7. The summed E-state index contributed by atoms with van der Waals surface area (Å²) in [7, 11) is 1.59. The van der Waals surface area contributed by atoms with E-state index in [1.54, 1.807) is 24.9 Å². The number of methoxy groups -OCH3 is 1. The van der Waals surface area contributed by atoms with Crippen molar-refractivity contribution in [3.8, 4) is 11.5 Å². The molecule has 0 bridgehead atoms. The summed E-state index contributed by atoms with van der Waals surface area (Å²) in [5, 5.41) is 5.73. The lowest BCUT2D eigenvalue weighted by Gasteiger charge is -2.35. The molecule has 8 heteroatoms. The molecule has 2 amide bonds. The zero-order valence-electron chi connectivity index (χ0n) is 18.5. The molecule has 1 fully saturated rings. The average molecular weight is 456 g/mol.